The summed E-state index contributed by atoms with van der Waals surface area (Å²) in [6.45, 7) is 13.0. The highest BCUT2D eigenvalue weighted by Crippen LogP contribution is 2.29. The van der Waals surface area contributed by atoms with Gasteiger partial charge >= 0.3 is 0 Å². The third-order valence-electron chi connectivity index (χ3n) is 3.60. The highest BCUT2D eigenvalue weighted by molar-refractivity contribution is 6.42. The van der Waals surface area contributed by atoms with Crippen molar-refractivity contribution in [2.45, 2.75) is 52.7 Å². The molecule has 1 unspecified atom stereocenters. The molecule has 0 aliphatic carbocycles. The lowest BCUT2D eigenvalue weighted by atomic mass is 10.1. The molecule has 0 aromatic heterocycles. The maximum Gasteiger partial charge on any atom is 0.0639 e. The number of hydrogen-bond acceptors (Lipinski definition) is 2. The van der Waals surface area contributed by atoms with Crippen molar-refractivity contribution in [1.82, 2.24) is 10.2 Å². The van der Waals surface area contributed by atoms with Crippen LogP contribution in [-0.2, 0) is 0 Å². The zero-order chi connectivity index (χ0) is 15.3. The molecule has 0 bridgehead atoms. The van der Waals surface area contributed by atoms with E-state index in [0.29, 0.717) is 22.1 Å². The van der Waals surface area contributed by atoms with Crippen molar-refractivity contribution in [2.75, 3.05) is 13.1 Å². The van der Waals surface area contributed by atoms with Gasteiger partial charge in [-0.15, -0.1) is 0 Å². The lowest BCUT2D eigenvalue weighted by Gasteiger charge is -2.31. The van der Waals surface area contributed by atoms with Crippen LogP contribution in [0.3, 0.4) is 0 Å². The fraction of sp³-hybridized carbons (Fsp3) is 0.625. The second-order valence-corrected chi connectivity index (χ2v) is 6.53. The molecule has 114 valence electrons. The van der Waals surface area contributed by atoms with E-state index in [2.05, 4.69) is 44.8 Å². The van der Waals surface area contributed by atoms with Crippen LogP contribution in [0.2, 0.25) is 10.0 Å². The standard InChI is InChI=1S/C16H26Cl2N2/c1-11(2)20(12(3)4)10-9-19-13(5)14-7-6-8-15(17)16(14)18/h6-8,11-13,19H,9-10H2,1-5H3. The van der Waals surface area contributed by atoms with E-state index in [9.17, 15) is 0 Å². The lowest BCUT2D eigenvalue weighted by Crippen LogP contribution is -2.41. The van der Waals surface area contributed by atoms with Gasteiger partial charge in [-0.25, -0.2) is 0 Å². The molecule has 1 aromatic rings. The monoisotopic (exact) mass is 316 g/mol. The molecule has 4 heteroatoms. The molecular weight excluding hydrogens is 291 g/mol. The lowest BCUT2D eigenvalue weighted by molar-refractivity contribution is 0.174. The van der Waals surface area contributed by atoms with Crippen LogP contribution in [0.1, 0.15) is 46.2 Å². The number of benzene rings is 1. The third kappa shape index (κ3) is 4.92. The molecule has 1 N–H and O–H groups in total. The highest BCUT2D eigenvalue weighted by Gasteiger charge is 2.15. The molecule has 1 atom stereocenters. The molecule has 1 rings (SSSR count). The Morgan fingerprint density at radius 1 is 1.05 bits per heavy atom. The molecule has 0 aliphatic heterocycles. The number of nitrogens with zero attached hydrogens (tertiary/aromatic N) is 1. The van der Waals surface area contributed by atoms with Crippen molar-refractivity contribution >= 4 is 23.2 Å². The first-order valence-corrected chi connectivity index (χ1v) is 8.03. The molecule has 0 radical (unpaired) electrons. The van der Waals surface area contributed by atoms with E-state index in [1.165, 1.54) is 0 Å². The first-order chi connectivity index (χ1) is 9.34. The van der Waals surface area contributed by atoms with Crippen LogP contribution < -0.4 is 5.32 Å². The molecule has 2 nitrogen and oxygen atoms in total. The van der Waals surface area contributed by atoms with Crippen molar-refractivity contribution in [3.63, 3.8) is 0 Å². The van der Waals surface area contributed by atoms with Gasteiger partial charge in [-0.2, -0.15) is 0 Å². The Balaban J connectivity index is 2.55. The molecule has 1 aromatic carbocycles. The van der Waals surface area contributed by atoms with Gasteiger partial charge in [0, 0.05) is 31.2 Å². The summed E-state index contributed by atoms with van der Waals surface area (Å²) in [5.74, 6) is 0. The fourth-order valence-electron chi connectivity index (χ4n) is 2.49. The van der Waals surface area contributed by atoms with Gasteiger partial charge < -0.3 is 5.32 Å². The molecular formula is C16H26Cl2N2. The Hall–Kier alpha value is -0.280. The molecule has 0 amide bonds. The Kier molecular flexibility index (Phi) is 7.32. The minimum Gasteiger partial charge on any atom is -0.309 e. The summed E-state index contributed by atoms with van der Waals surface area (Å²) in [6.07, 6.45) is 0. The van der Waals surface area contributed by atoms with Crippen molar-refractivity contribution in [2.24, 2.45) is 0 Å². The van der Waals surface area contributed by atoms with Crippen molar-refractivity contribution in [3.05, 3.63) is 33.8 Å². The first kappa shape index (κ1) is 17.8. The zero-order valence-corrected chi connectivity index (χ0v) is 14.6. The van der Waals surface area contributed by atoms with Crippen LogP contribution in [0.15, 0.2) is 18.2 Å². The normalized spacial score (nSPS) is 13.5. The van der Waals surface area contributed by atoms with Crippen LogP contribution in [0, 0.1) is 0 Å². The van der Waals surface area contributed by atoms with E-state index < -0.39 is 0 Å². The van der Waals surface area contributed by atoms with Gasteiger partial charge in [-0.05, 0) is 46.2 Å². The van der Waals surface area contributed by atoms with Crippen LogP contribution in [0.4, 0.5) is 0 Å². The number of nitrogens with one attached hydrogen (secondary N) is 1. The van der Waals surface area contributed by atoms with E-state index in [1.807, 2.05) is 18.2 Å². The molecule has 0 fully saturated rings. The van der Waals surface area contributed by atoms with Gasteiger partial charge in [0.05, 0.1) is 10.0 Å². The summed E-state index contributed by atoms with van der Waals surface area (Å²) in [6, 6.07) is 7.09. The molecule has 0 spiro atoms. The van der Waals surface area contributed by atoms with Crippen LogP contribution in [0.5, 0.6) is 0 Å². The number of halogens is 2. The summed E-state index contributed by atoms with van der Waals surface area (Å²) < 4.78 is 0. The fourth-order valence-corrected chi connectivity index (χ4v) is 2.96. The van der Waals surface area contributed by atoms with Gasteiger partial charge in [0.2, 0.25) is 0 Å². The van der Waals surface area contributed by atoms with Gasteiger partial charge in [0.1, 0.15) is 0 Å². The largest absolute Gasteiger partial charge is 0.309 e. The van der Waals surface area contributed by atoms with Crippen LogP contribution in [-0.4, -0.2) is 30.1 Å². The van der Waals surface area contributed by atoms with Gasteiger partial charge in [-0.3, -0.25) is 4.90 Å². The topological polar surface area (TPSA) is 15.3 Å². The van der Waals surface area contributed by atoms with Crippen molar-refractivity contribution in [1.29, 1.82) is 0 Å². The number of hydrogen-bond donors (Lipinski definition) is 1. The Morgan fingerprint density at radius 2 is 1.65 bits per heavy atom. The summed E-state index contributed by atoms with van der Waals surface area (Å²) >= 11 is 12.3. The Morgan fingerprint density at radius 3 is 2.20 bits per heavy atom. The molecule has 0 aliphatic rings. The van der Waals surface area contributed by atoms with E-state index in [-0.39, 0.29) is 6.04 Å². The minimum atomic E-state index is 0.197. The molecule has 0 heterocycles. The molecule has 0 saturated carbocycles. The van der Waals surface area contributed by atoms with Crippen LogP contribution >= 0.6 is 23.2 Å². The summed E-state index contributed by atoms with van der Waals surface area (Å²) in [5.41, 5.74) is 1.06. The van der Waals surface area contributed by atoms with Gasteiger partial charge in [0.25, 0.3) is 0 Å². The summed E-state index contributed by atoms with van der Waals surface area (Å²) in [4.78, 5) is 2.47. The highest BCUT2D eigenvalue weighted by atomic mass is 35.5. The zero-order valence-electron chi connectivity index (χ0n) is 13.1. The predicted molar refractivity (Wildman–Crippen MR) is 89.9 cm³/mol. The smallest absolute Gasteiger partial charge is 0.0639 e. The average molecular weight is 317 g/mol. The summed E-state index contributed by atoms with van der Waals surface area (Å²) in [7, 11) is 0. The van der Waals surface area contributed by atoms with Gasteiger partial charge in [-0.1, -0.05) is 35.3 Å². The second kappa shape index (κ2) is 8.23. The Labute approximate surface area is 133 Å². The summed E-state index contributed by atoms with van der Waals surface area (Å²) in [5, 5.41) is 4.79. The van der Waals surface area contributed by atoms with Crippen molar-refractivity contribution in [3.8, 4) is 0 Å². The minimum absolute atomic E-state index is 0.197. The average Bonchev–Trinajstić information content (AvgIpc) is 2.36. The maximum absolute atomic E-state index is 6.25. The van der Waals surface area contributed by atoms with E-state index in [0.717, 1.165) is 18.7 Å². The van der Waals surface area contributed by atoms with Crippen LogP contribution in [0.25, 0.3) is 0 Å². The van der Waals surface area contributed by atoms with E-state index in [1.54, 1.807) is 0 Å². The first-order valence-electron chi connectivity index (χ1n) is 7.27. The van der Waals surface area contributed by atoms with Crippen molar-refractivity contribution < 1.29 is 0 Å². The van der Waals surface area contributed by atoms with E-state index >= 15 is 0 Å². The quantitative estimate of drug-likeness (QED) is 0.780. The second-order valence-electron chi connectivity index (χ2n) is 5.74. The van der Waals surface area contributed by atoms with Gasteiger partial charge in [0.15, 0.2) is 0 Å². The third-order valence-corrected chi connectivity index (χ3v) is 4.43. The molecule has 20 heavy (non-hydrogen) atoms. The number of rotatable bonds is 7. The molecule has 0 saturated heterocycles. The van der Waals surface area contributed by atoms with E-state index in [4.69, 9.17) is 23.2 Å². The Bertz CT molecular complexity index is 411. The maximum atomic E-state index is 6.25. The SMILES string of the molecule is CC(NCCN(C(C)C)C(C)C)c1cccc(Cl)c1Cl. The predicted octanol–water partition coefficient (Wildman–Crippen LogP) is 4.76.